The summed E-state index contributed by atoms with van der Waals surface area (Å²) in [6.45, 7) is 6.06. The summed E-state index contributed by atoms with van der Waals surface area (Å²) in [5, 5.41) is 16.4. The molecule has 5 heteroatoms. The maximum absolute atomic E-state index is 12.5. The molecule has 1 saturated heterocycles. The van der Waals surface area contributed by atoms with E-state index in [0.29, 0.717) is 12.3 Å². The Kier molecular flexibility index (Phi) is 6.63. The average molecular weight is 288 g/mol. The second-order valence-corrected chi connectivity index (χ2v) is 6.76. The van der Waals surface area contributed by atoms with Gasteiger partial charge in [-0.3, -0.25) is 4.79 Å². The molecule has 3 N–H and O–H groups in total. The molecule has 1 heterocycles. The van der Waals surface area contributed by atoms with Gasteiger partial charge in [-0.05, 0) is 45.5 Å². The highest BCUT2D eigenvalue weighted by atomic mass is 32.2. The predicted octanol–water partition coefficient (Wildman–Crippen LogP) is 1.39. The van der Waals surface area contributed by atoms with Crippen molar-refractivity contribution in [2.45, 2.75) is 45.1 Å². The fourth-order valence-electron chi connectivity index (χ4n) is 2.79. The standard InChI is InChI=1S/C14H28N2O2S/c1-4-5-14(6-8-15-9-7-14)12(17)16-10-13(2,18)11-19-3/h15,18H,4-11H2,1-3H3,(H,16,17). The van der Waals surface area contributed by atoms with Gasteiger partial charge in [0.2, 0.25) is 5.91 Å². The SMILES string of the molecule is CCCC1(C(=O)NCC(C)(O)CSC)CCNCC1. The normalized spacial score (nSPS) is 21.7. The van der Waals surface area contributed by atoms with E-state index in [9.17, 15) is 9.90 Å². The quantitative estimate of drug-likeness (QED) is 0.662. The maximum atomic E-state index is 12.5. The van der Waals surface area contributed by atoms with Crippen molar-refractivity contribution in [2.75, 3.05) is 31.6 Å². The number of carbonyl (C=O) groups is 1. The Morgan fingerprint density at radius 2 is 2.11 bits per heavy atom. The van der Waals surface area contributed by atoms with Crippen molar-refractivity contribution in [3.8, 4) is 0 Å². The van der Waals surface area contributed by atoms with E-state index >= 15 is 0 Å². The van der Waals surface area contributed by atoms with Crippen LogP contribution in [0.2, 0.25) is 0 Å². The lowest BCUT2D eigenvalue weighted by Crippen LogP contribution is -2.51. The first-order chi connectivity index (χ1) is 8.96. The molecule has 0 aromatic heterocycles. The molecular weight excluding hydrogens is 260 g/mol. The molecule has 19 heavy (non-hydrogen) atoms. The monoisotopic (exact) mass is 288 g/mol. The summed E-state index contributed by atoms with van der Waals surface area (Å²) >= 11 is 1.59. The molecule has 1 amide bonds. The average Bonchev–Trinajstić information content (AvgIpc) is 2.37. The fourth-order valence-corrected chi connectivity index (χ4v) is 3.52. The third-order valence-electron chi connectivity index (χ3n) is 3.86. The molecule has 0 saturated carbocycles. The first-order valence-electron chi connectivity index (χ1n) is 7.16. The van der Waals surface area contributed by atoms with Gasteiger partial charge in [-0.25, -0.2) is 0 Å². The van der Waals surface area contributed by atoms with E-state index in [-0.39, 0.29) is 11.3 Å². The molecule has 1 aliphatic heterocycles. The molecule has 1 aliphatic rings. The molecule has 1 fully saturated rings. The number of carbonyl (C=O) groups excluding carboxylic acids is 1. The summed E-state index contributed by atoms with van der Waals surface area (Å²) < 4.78 is 0. The van der Waals surface area contributed by atoms with Gasteiger partial charge < -0.3 is 15.7 Å². The summed E-state index contributed by atoms with van der Waals surface area (Å²) in [5.41, 5.74) is -1.05. The highest BCUT2D eigenvalue weighted by Crippen LogP contribution is 2.34. The number of hydrogen-bond acceptors (Lipinski definition) is 4. The molecule has 1 unspecified atom stereocenters. The predicted molar refractivity (Wildman–Crippen MR) is 81.5 cm³/mol. The van der Waals surface area contributed by atoms with Gasteiger partial charge >= 0.3 is 0 Å². The molecule has 0 aromatic carbocycles. The molecule has 0 spiro atoms. The van der Waals surface area contributed by atoms with Crippen LogP contribution in [0, 0.1) is 5.41 Å². The number of piperidine rings is 1. The first kappa shape index (κ1) is 16.8. The zero-order chi connectivity index (χ0) is 14.4. The minimum atomic E-state index is -0.824. The molecule has 0 aliphatic carbocycles. The number of nitrogens with one attached hydrogen (secondary N) is 2. The van der Waals surface area contributed by atoms with Gasteiger partial charge in [0.05, 0.1) is 11.0 Å². The fraction of sp³-hybridized carbons (Fsp3) is 0.929. The minimum absolute atomic E-state index is 0.122. The van der Waals surface area contributed by atoms with Crippen LogP contribution in [0.5, 0.6) is 0 Å². The van der Waals surface area contributed by atoms with Crippen molar-refractivity contribution in [1.29, 1.82) is 0 Å². The molecule has 4 nitrogen and oxygen atoms in total. The van der Waals surface area contributed by atoms with E-state index in [1.54, 1.807) is 18.7 Å². The summed E-state index contributed by atoms with van der Waals surface area (Å²) in [6.07, 6.45) is 5.72. The lowest BCUT2D eigenvalue weighted by atomic mass is 9.74. The molecule has 0 radical (unpaired) electrons. The molecule has 1 rings (SSSR count). The van der Waals surface area contributed by atoms with Crippen molar-refractivity contribution >= 4 is 17.7 Å². The molecule has 0 aromatic rings. The Balaban J connectivity index is 2.57. The summed E-state index contributed by atoms with van der Waals surface area (Å²) in [7, 11) is 0. The van der Waals surface area contributed by atoms with Crippen LogP contribution in [0.15, 0.2) is 0 Å². The number of aliphatic hydroxyl groups is 1. The molecule has 1 atom stereocenters. The number of hydrogen-bond donors (Lipinski definition) is 3. The lowest BCUT2D eigenvalue weighted by Gasteiger charge is -2.37. The third-order valence-corrected chi connectivity index (χ3v) is 4.77. The third kappa shape index (κ3) is 4.97. The Morgan fingerprint density at radius 3 is 2.63 bits per heavy atom. The highest BCUT2D eigenvalue weighted by molar-refractivity contribution is 7.98. The van der Waals surface area contributed by atoms with Crippen LogP contribution in [-0.4, -0.2) is 48.3 Å². The van der Waals surface area contributed by atoms with Gasteiger partial charge in [0, 0.05) is 12.3 Å². The van der Waals surface area contributed by atoms with Crippen LogP contribution in [0.25, 0.3) is 0 Å². The van der Waals surface area contributed by atoms with Crippen LogP contribution in [0.3, 0.4) is 0 Å². The number of rotatable bonds is 7. The summed E-state index contributed by atoms with van der Waals surface area (Å²) in [5.74, 6) is 0.757. The van der Waals surface area contributed by atoms with Gasteiger partial charge in [0.1, 0.15) is 0 Å². The first-order valence-corrected chi connectivity index (χ1v) is 8.55. The van der Waals surface area contributed by atoms with E-state index in [1.807, 2.05) is 6.26 Å². The Hall–Kier alpha value is -0.260. The smallest absolute Gasteiger partial charge is 0.226 e. The van der Waals surface area contributed by atoms with E-state index < -0.39 is 5.60 Å². The summed E-state index contributed by atoms with van der Waals surface area (Å²) in [6, 6.07) is 0. The van der Waals surface area contributed by atoms with Crippen molar-refractivity contribution in [3.63, 3.8) is 0 Å². The number of thioether (sulfide) groups is 1. The van der Waals surface area contributed by atoms with E-state index in [1.165, 1.54) is 0 Å². The van der Waals surface area contributed by atoms with Crippen molar-refractivity contribution in [1.82, 2.24) is 10.6 Å². The number of amides is 1. The van der Waals surface area contributed by atoms with Gasteiger partial charge in [-0.1, -0.05) is 13.3 Å². The van der Waals surface area contributed by atoms with E-state index in [0.717, 1.165) is 38.8 Å². The Labute approximate surface area is 121 Å². The van der Waals surface area contributed by atoms with Crippen LogP contribution >= 0.6 is 11.8 Å². The minimum Gasteiger partial charge on any atom is -0.387 e. The van der Waals surface area contributed by atoms with Crippen molar-refractivity contribution < 1.29 is 9.90 Å². The topological polar surface area (TPSA) is 61.4 Å². The van der Waals surface area contributed by atoms with Crippen molar-refractivity contribution in [2.24, 2.45) is 5.41 Å². The molecular formula is C14H28N2O2S. The second kappa shape index (κ2) is 7.50. The van der Waals surface area contributed by atoms with Crippen LogP contribution < -0.4 is 10.6 Å². The van der Waals surface area contributed by atoms with Gasteiger partial charge in [-0.15, -0.1) is 0 Å². The van der Waals surface area contributed by atoms with Crippen LogP contribution in [0.1, 0.15) is 39.5 Å². The molecule has 0 bridgehead atoms. The lowest BCUT2D eigenvalue weighted by molar-refractivity contribution is -0.134. The Bertz CT molecular complexity index is 284. The zero-order valence-electron chi connectivity index (χ0n) is 12.4. The second-order valence-electron chi connectivity index (χ2n) is 5.89. The van der Waals surface area contributed by atoms with Crippen LogP contribution in [0.4, 0.5) is 0 Å². The van der Waals surface area contributed by atoms with Crippen molar-refractivity contribution in [3.05, 3.63) is 0 Å². The van der Waals surface area contributed by atoms with E-state index in [4.69, 9.17) is 0 Å². The van der Waals surface area contributed by atoms with Gasteiger partial charge in [0.25, 0.3) is 0 Å². The largest absolute Gasteiger partial charge is 0.387 e. The van der Waals surface area contributed by atoms with Gasteiger partial charge in [-0.2, -0.15) is 11.8 Å². The molecule has 112 valence electrons. The zero-order valence-corrected chi connectivity index (χ0v) is 13.2. The van der Waals surface area contributed by atoms with Crippen LogP contribution in [-0.2, 0) is 4.79 Å². The van der Waals surface area contributed by atoms with E-state index in [2.05, 4.69) is 17.6 Å². The highest BCUT2D eigenvalue weighted by Gasteiger charge is 2.39. The Morgan fingerprint density at radius 1 is 1.47 bits per heavy atom. The van der Waals surface area contributed by atoms with Gasteiger partial charge in [0.15, 0.2) is 0 Å². The maximum Gasteiger partial charge on any atom is 0.226 e. The summed E-state index contributed by atoms with van der Waals surface area (Å²) in [4.78, 5) is 12.5.